The summed E-state index contributed by atoms with van der Waals surface area (Å²) in [5.41, 5.74) is 16.0. The van der Waals surface area contributed by atoms with Crippen LogP contribution in [0.2, 0.25) is 0 Å². The first-order chi connectivity index (χ1) is 14.9. The molecule has 12 N–H and O–H groups in total. The first-order valence-corrected chi connectivity index (χ1v) is 10.1. The van der Waals surface area contributed by atoms with Gasteiger partial charge in [0.2, 0.25) is 17.7 Å². The van der Waals surface area contributed by atoms with Gasteiger partial charge in [-0.3, -0.25) is 19.4 Å². The molecule has 0 saturated carbocycles. The number of carbonyl (C=O) groups is 4. The van der Waals surface area contributed by atoms with Crippen LogP contribution in [0.15, 0.2) is 4.99 Å². The fourth-order valence-corrected chi connectivity index (χ4v) is 2.57. The van der Waals surface area contributed by atoms with Gasteiger partial charge in [0.1, 0.15) is 24.2 Å². The highest BCUT2D eigenvalue weighted by Crippen LogP contribution is 2.08. The van der Waals surface area contributed by atoms with Crippen LogP contribution in [-0.2, 0) is 19.2 Å². The van der Waals surface area contributed by atoms with Crippen molar-refractivity contribution in [1.82, 2.24) is 16.0 Å². The highest BCUT2D eigenvalue weighted by molar-refractivity contribution is 5.94. The Bertz CT molecular complexity index is 668. The van der Waals surface area contributed by atoms with E-state index in [2.05, 4.69) is 20.9 Å². The molecule has 14 heteroatoms. The van der Waals surface area contributed by atoms with Crippen molar-refractivity contribution in [3.63, 3.8) is 0 Å². The van der Waals surface area contributed by atoms with Crippen LogP contribution in [0.25, 0.3) is 0 Å². The Morgan fingerprint density at radius 3 is 1.88 bits per heavy atom. The minimum Gasteiger partial charge on any atom is -0.480 e. The third-order valence-electron chi connectivity index (χ3n) is 4.25. The minimum atomic E-state index is -1.54. The third kappa shape index (κ3) is 11.4. The van der Waals surface area contributed by atoms with Crippen LogP contribution in [-0.4, -0.2) is 88.9 Å². The molecule has 0 aromatic carbocycles. The number of aliphatic hydroxyl groups excluding tert-OH is 2. The van der Waals surface area contributed by atoms with E-state index in [1.807, 2.05) is 0 Å². The molecule has 3 amide bonds. The summed E-state index contributed by atoms with van der Waals surface area (Å²) in [6.45, 7) is 2.31. The number of nitrogens with two attached hydrogens (primary N) is 3. The normalized spacial score (nSPS) is 14.6. The Morgan fingerprint density at radius 1 is 0.875 bits per heavy atom. The summed E-state index contributed by atoms with van der Waals surface area (Å²) in [6, 6.07) is -5.03. The molecule has 184 valence electrons. The Balaban J connectivity index is 5.44. The van der Waals surface area contributed by atoms with Crippen molar-refractivity contribution in [3.05, 3.63) is 0 Å². The van der Waals surface area contributed by atoms with Crippen LogP contribution in [0, 0.1) is 5.92 Å². The molecule has 0 aliphatic heterocycles. The standard InChI is InChI=1S/C18H35N7O7/c1-9(2)6-12(16(30)25-13(8-27)17(31)32)24-15(29)11(4-3-5-22-18(20)21)23-14(28)10(19)7-26/h9-13,26-27H,3-8,19H2,1-2H3,(H,23,28)(H,24,29)(H,25,30)(H,31,32)(H4,20,21,22). The summed E-state index contributed by atoms with van der Waals surface area (Å²) in [6.07, 6.45) is 0.564. The molecule has 0 fully saturated rings. The number of nitrogens with one attached hydrogen (secondary N) is 3. The molecule has 0 radical (unpaired) electrons. The molecule has 0 aromatic heterocycles. The van der Waals surface area contributed by atoms with Gasteiger partial charge in [0.05, 0.1) is 13.2 Å². The fourth-order valence-electron chi connectivity index (χ4n) is 2.57. The monoisotopic (exact) mass is 461 g/mol. The summed E-state index contributed by atoms with van der Waals surface area (Å²) >= 11 is 0. The van der Waals surface area contributed by atoms with Gasteiger partial charge in [-0.25, -0.2) is 4.79 Å². The van der Waals surface area contributed by atoms with Crippen LogP contribution in [0.3, 0.4) is 0 Å². The van der Waals surface area contributed by atoms with Crippen LogP contribution in [0.1, 0.15) is 33.1 Å². The zero-order chi connectivity index (χ0) is 24.8. The molecule has 4 unspecified atom stereocenters. The second kappa shape index (κ2) is 14.9. The van der Waals surface area contributed by atoms with Gasteiger partial charge < -0.3 is 48.5 Å². The molecule has 32 heavy (non-hydrogen) atoms. The van der Waals surface area contributed by atoms with Crippen molar-refractivity contribution in [2.75, 3.05) is 19.8 Å². The van der Waals surface area contributed by atoms with Crippen molar-refractivity contribution in [2.24, 2.45) is 28.1 Å². The summed E-state index contributed by atoms with van der Waals surface area (Å²) < 4.78 is 0. The molecule has 0 rings (SSSR count). The van der Waals surface area contributed by atoms with E-state index in [0.717, 1.165) is 0 Å². The summed E-state index contributed by atoms with van der Waals surface area (Å²) in [5.74, 6) is -3.91. The van der Waals surface area contributed by atoms with Gasteiger partial charge in [0, 0.05) is 6.54 Å². The average molecular weight is 462 g/mol. The van der Waals surface area contributed by atoms with E-state index in [-0.39, 0.29) is 31.3 Å². The number of amides is 3. The summed E-state index contributed by atoms with van der Waals surface area (Å²) in [5, 5.41) is 34.3. The van der Waals surface area contributed by atoms with E-state index in [9.17, 15) is 19.2 Å². The van der Waals surface area contributed by atoms with Crippen molar-refractivity contribution in [3.8, 4) is 0 Å². The Labute approximate surface area is 186 Å². The van der Waals surface area contributed by atoms with Crippen molar-refractivity contribution in [2.45, 2.75) is 57.3 Å². The molecule has 0 aromatic rings. The molecule has 0 aliphatic rings. The van der Waals surface area contributed by atoms with E-state index >= 15 is 0 Å². The van der Waals surface area contributed by atoms with Crippen LogP contribution in [0.5, 0.6) is 0 Å². The SMILES string of the molecule is CC(C)CC(NC(=O)C(CCCN=C(N)N)NC(=O)C(N)CO)C(=O)NC(CO)C(=O)O. The molecule has 14 nitrogen and oxygen atoms in total. The van der Waals surface area contributed by atoms with Crippen LogP contribution >= 0.6 is 0 Å². The molecule has 4 atom stereocenters. The van der Waals surface area contributed by atoms with Gasteiger partial charge in [-0.05, 0) is 25.2 Å². The van der Waals surface area contributed by atoms with Gasteiger partial charge >= 0.3 is 5.97 Å². The number of aliphatic carboxylic acids is 1. The summed E-state index contributed by atoms with van der Waals surface area (Å²) in [7, 11) is 0. The second-order valence-electron chi connectivity index (χ2n) is 7.57. The van der Waals surface area contributed by atoms with Gasteiger partial charge in [0.25, 0.3) is 0 Å². The van der Waals surface area contributed by atoms with Crippen LogP contribution in [0.4, 0.5) is 0 Å². The van der Waals surface area contributed by atoms with E-state index in [1.165, 1.54) is 0 Å². The van der Waals surface area contributed by atoms with E-state index in [1.54, 1.807) is 13.8 Å². The maximum absolute atomic E-state index is 12.8. The Morgan fingerprint density at radius 2 is 1.41 bits per heavy atom. The predicted molar refractivity (Wildman–Crippen MR) is 115 cm³/mol. The number of carbonyl (C=O) groups excluding carboxylic acids is 3. The molecule has 0 bridgehead atoms. The number of carboxylic acid groups (broad SMARTS) is 1. The fraction of sp³-hybridized carbons (Fsp3) is 0.722. The van der Waals surface area contributed by atoms with E-state index in [0.29, 0.717) is 6.42 Å². The number of carboxylic acids is 1. The summed E-state index contributed by atoms with van der Waals surface area (Å²) in [4.78, 5) is 52.3. The maximum atomic E-state index is 12.8. The zero-order valence-electron chi connectivity index (χ0n) is 18.3. The largest absolute Gasteiger partial charge is 0.480 e. The van der Waals surface area contributed by atoms with Crippen molar-refractivity contribution in [1.29, 1.82) is 0 Å². The number of hydrogen-bond acceptors (Lipinski definition) is 8. The van der Waals surface area contributed by atoms with Crippen LogP contribution < -0.4 is 33.2 Å². The topological polar surface area (TPSA) is 255 Å². The number of guanidine groups is 1. The third-order valence-corrected chi connectivity index (χ3v) is 4.25. The molecule has 0 aliphatic carbocycles. The lowest BCUT2D eigenvalue weighted by molar-refractivity contribution is -0.143. The van der Waals surface area contributed by atoms with E-state index < -0.39 is 61.1 Å². The molecule has 0 heterocycles. The maximum Gasteiger partial charge on any atom is 0.328 e. The van der Waals surface area contributed by atoms with Gasteiger partial charge in [-0.2, -0.15) is 0 Å². The van der Waals surface area contributed by atoms with Gasteiger partial charge in [0.15, 0.2) is 5.96 Å². The zero-order valence-corrected chi connectivity index (χ0v) is 18.3. The number of hydrogen-bond donors (Lipinski definition) is 9. The molecular weight excluding hydrogens is 426 g/mol. The van der Waals surface area contributed by atoms with Gasteiger partial charge in [-0.1, -0.05) is 13.8 Å². The average Bonchev–Trinajstić information content (AvgIpc) is 2.71. The minimum absolute atomic E-state index is 0.0545. The number of aliphatic imine (C=N–C) groups is 1. The highest BCUT2D eigenvalue weighted by Gasteiger charge is 2.30. The number of rotatable bonds is 15. The van der Waals surface area contributed by atoms with Gasteiger partial charge in [-0.15, -0.1) is 0 Å². The first-order valence-electron chi connectivity index (χ1n) is 10.1. The number of aliphatic hydroxyl groups is 2. The number of nitrogens with zero attached hydrogens (tertiary/aromatic N) is 1. The lowest BCUT2D eigenvalue weighted by Gasteiger charge is -2.25. The lowest BCUT2D eigenvalue weighted by Crippen LogP contribution is -2.58. The highest BCUT2D eigenvalue weighted by atomic mass is 16.4. The lowest BCUT2D eigenvalue weighted by atomic mass is 10.0. The molecule has 0 saturated heterocycles. The quantitative estimate of drug-likeness (QED) is 0.0647. The Kier molecular flexibility index (Phi) is 13.5. The predicted octanol–water partition coefficient (Wildman–Crippen LogP) is -4.06. The smallest absolute Gasteiger partial charge is 0.328 e. The Hall–Kier alpha value is -2.97. The van der Waals surface area contributed by atoms with Crippen molar-refractivity contribution >= 4 is 29.7 Å². The molecule has 0 spiro atoms. The van der Waals surface area contributed by atoms with E-state index in [4.69, 9.17) is 32.5 Å². The first kappa shape index (κ1) is 29.0. The van der Waals surface area contributed by atoms with Crippen molar-refractivity contribution < 1.29 is 34.5 Å². The molecular formula is C18H35N7O7. The second-order valence-corrected chi connectivity index (χ2v) is 7.57.